The lowest BCUT2D eigenvalue weighted by molar-refractivity contribution is 1.06. The maximum Gasteiger partial charge on any atom is 0.195 e. The van der Waals surface area contributed by atoms with Gasteiger partial charge < -0.3 is 0 Å². The van der Waals surface area contributed by atoms with E-state index in [0.717, 1.165) is 32.5 Å². The second-order valence-corrected chi connectivity index (χ2v) is 9.02. The Balaban J connectivity index is 1.85. The molecule has 1 nitrogen and oxygen atoms in total. The number of fused-ring (bicyclic) bond motifs is 2. The van der Waals surface area contributed by atoms with Crippen LogP contribution in [0.2, 0.25) is 5.02 Å². The van der Waals surface area contributed by atoms with Crippen molar-refractivity contribution in [1.29, 1.82) is 0 Å². The zero-order valence-corrected chi connectivity index (χ0v) is 17.6. The molecule has 0 N–H and O–H groups in total. The van der Waals surface area contributed by atoms with Crippen molar-refractivity contribution in [3.8, 4) is 0 Å². The molecule has 4 heteroatoms. The number of benzene rings is 3. The Morgan fingerprint density at radius 1 is 0.926 bits per heavy atom. The highest BCUT2D eigenvalue weighted by Gasteiger charge is 2.13. The molecule has 3 aromatic carbocycles. The van der Waals surface area contributed by atoms with Crippen LogP contribution in [0.3, 0.4) is 0 Å². The average molecular weight is 411 g/mol. The standard InChI is InChI=1S/C23H19ClOS2/c1-3-14-11-15(4-2)13-16(12-14)26-20-10-9-18-22(25)17-7-5-6-8-19(17)27-23(18)21(20)24/h5-13H,3-4H2,1-2H3. The Labute approximate surface area is 172 Å². The second-order valence-electron chi connectivity index (χ2n) is 6.48. The summed E-state index contributed by atoms with van der Waals surface area (Å²) < 4.78 is 1.84. The first kappa shape index (κ1) is 18.5. The summed E-state index contributed by atoms with van der Waals surface area (Å²) in [5.74, 6) is 0. The summed E-state index contributed by atoms with van der Waals surface area (Å²) in [6, 6.07) is 18.3. The molecule has 0 saturated heterocycles. The minimum absolute atomic E-state index is 0.0547. The molecule has 27 heavy (non-hydrogen) atoms. The molecule has 4 rings (SSSR count). The van der Waals surface area contributed by atoms with Crippen molar-refractivity contribution in [2.75, 3.05) is 0 Å². The fourth-order valence-electron chi connectivity index (χ4n) is 3.22. The molecule has 4 aromatic rings. The zero-order valence-electron chi connectivity index (χ0n) is 15.2. The topological polar surface area (TPSA) is 17.1 Å². The van der Waals surface area contributed by atoms with E-state index in [1.54, 1.807) is 23.1 Å². The molecular weight excluding hydrogens is 392 g/mol. The molecule has 0 saturated carbocycles. The Bertz CT molecular complexity index is 1190. The third-order valence-electron chi connectivity index (χ3n) is 4.72. The van der Waals surface area contributed by atoms with Crippen molar-refractivity contribution >= 4 is 54.9 Å². The lowest BCUT2D eigenvalue weighted by Crippen LogP contribution is -2.01. The fraction of sp³-hybridized carbons (Fsp3) is 0.174. The van der Waals surface area contributed by atoms with Crippen LogP contribution in [0.4, 0.5) is 0 Å². The van der Waals surface area contributed by atoms with Crippen LogP contribution in [-0.4, -0.2) is 0 Å². The quantitative estimate of drug-likeness (QED) is 0.327. The summed E-state index contributed by atoms with van der Waals surface area (Å²) in [7, 11) is 0. The number of halogens is 1. The normalized spacial score (nSPS) is 11.4. The monoisotopic (exact) mass is 410 g/mol. The summed E-state index contributed by atoms with van der Waals surface area (Å²) in [6.45, 7) is 4.35. The Morgan fingerprint density at radius 2 is 1.63 bits per heavy atom. The van der Waals surface area contributed by atoms with E-state index in [4.69, 9.17) is 11.6 Å². The van der Waals surface area contributed by atoms with Gasteiger partial charge in [-0.25, -0.2) is 0 Å². The highest BCUT2D eigenvalue weighted by atomic mass is 35.5. The van der Waals surface area contributed by atoms with Crippen molar-refractivity contribution in [2.24, 2.45) is 0 Å². The molecule has 0 aliphatic rings. The summed E-state index contributed by atoms with van der Waals surface area (Å²) in [6.07, 6.45) is 2.03. The van der Waals surface area contributed by atoms with Crippen LogP contribution in [0.25, 0.3) is 20.2 Å². The van der Waals surface area contributed by atoms with E-state index in [0.29, 0.717) is 10.4 Å². The van der Waals surface area contributed by atoms with Gasteiger partial charge in [0.05, 0.1) is 9.72 Å². The zero-order chi connectivity index (χ0) is 19.0. The molecule has 1 aromatic heterocycles. The maximum absolute atomic E-state index is 12.8. The predicted octanol–water partition coefficient (Wildman–Crippen LogP) is 7.34. The van der Waals surface area contributed by atoms with Crippen molar-refractivity contribution in [2.45, 2.75) is 36.5 Å². The van der Waals surface area contributed by atoms with E-state index in [1.807, 2.05) is 36.4 Å². The first-order valence-corrected chi connectivity index (χ1v) is 11.1. The van der Waals surface area contributed by atoms with Gasteiger partial charge in [0.1, 0.15) is 0 Å². The third-order valence-corrected chi connectivity index (χ3v) is 7.57. The summed E-state index contributed by atoms with van der Waals surface area (Å²) in [5.41, 5.74) is 2.73. The molecular formula is C23H19ClOS2. The molecule has 0 amide bonds. The molecule has 0 bridgehead atoms. The van der Waals surface area contributed by atoms with E-state index in [9.17, 15) is 4.79 Å². The highest BCUT2D eigenvalue weighted by Crippen LogP contribution is 2.40. The Hall–Kier alpha value is -1.81. The molecule has 0 atom stereocenters. The molecule has 0 aliphatic carbocycles. The fourth-order valence-corrected chi connectivity index (χ4v) is 5.79. The van der Waals surface area contributed by atoms with Gasteiger partial charge in [0.25, 0.3) is 0 Å². The number of hydrogen-bond acceptors (Lipinski definition) is 3. The molecule has 0 spiro atoms. The van der Waals surface area contributed by atoms with Gasteiger partial charge in [-0.1, -0.05) is 55.4 Å². The van der Waals surface area contributed by atoms with Gasteiger partial charge in [-0.05, 0) is 60.4 Å². The van der Waals surface area contributed by atoms with Crippen molar-refractivity contribution in [3.63, 3.8) is 0 Å². The van der Waals surface area contributed by atoms with E-state index in [2.05, 4.69) is 32.0 Å². The van der Waals surface area contributed by atoms with Crippen LogP contribution in [0.1, 0.15) is 25.0 Å². The number of rotatable bonds is 4. The number of hydrogen-bond donors (Lipinski definition) is 0. The first-order valence-electron chi connectivity index (χ1n) is 9.05. The first-order chi connectivity index (χ1) is 13.1. The molecule has 0 aliphatic heterocycles. The average Bonchev–Trinajstić information content (AvgIpc) is 2.70. The van der Waals surface area contributed by atoms with Crippen molar-refractivity contribution in [3.05, 3.63) is 81.0 Å². The van der Waals surface area contributed by atoms with Crippen LogP contribution in [0.15, 0.2) is 69.2 Å². The van der Waals surface area contributed by atoms with E-state index in [1.165, 1.54) is 16.0 Å². The lowest BCUT2D eigenvalue weighted by atomic mass is 10.1. The second kappa shape index (κ2) is 7.67. The molecule has 1 heterocycles. The van der Waals surface area contributed by atoms with Gasteiger partial charge in [0.15, 0.2) is 5.43 Å². The van der Waals surface area contributed by atoms with Gasteiger partial charge in [-0.3, -0.25) is 4.79 Å². The largest absolute Gasteiger partial charge is 0.289 e. The van der Waals surface area contributed by atoms with Gasteiger partial charge in [-0.15, -0.1) is 11.3 Å². The minimum atomic E-state index is 0.0547. The van der Waals surface area contributed by atoms with Gasteiger partial charge in [0.2, 0.25) is 0 Å². The van der Waals surface area contributed by atoms with Crippen molar-refractivity contribution in [1.82, 2.24) is 0 Å². The van der Waals surface area contributed by atoms with Crippen LogP contribution < -0.4 is 5.43 Å². The van der Waals surface area contributed by atoms with Gasteiger partial charge >= 0.3 is 0 Å². The predicted molar refractivity (Wildman–Crippen MR) is 120 cm³/mol. The van der Waals surface area contributed by atoms with E-state index < -0.39 is 0 Å². The third kappa shape index (κ3) is 3.52. The summed E-state index contributed by atoms with van der Waals surface area (Å²) >= 11 is 10.0. The van der Waals surface area contributed by atoms with Gasteiger partial charge in [-0.2, -0.15) is 0 Å². The highest BCUT2D eigenvalue weighted by molar-refractivity contribution is 7.99. The van der Waals surface area contributed by atoms with E-state index >= 15 is 0 Å². The molecule has 0 radical (unpaired) electrons. The van der Waals surface area contributed by atoms with Crippen LogP contribution in [-0.2, 0) is 12.8 Å². The van der Waals surface area contributed by atoms with Crippen LogP contribution >= 0.6 is 34.7 Å². The molecule has 136 valence electrons. The van der Waals surface area contributed by atoms with Crippen molar-refractivity contribution < 1.29 is 0 Å². The maximum atomic E-state index is 12.8. The van der Waals surface area contributed by atoms with Gasteiger partial charge in [0, 0.05) is 25.3 Å². The van der Waals surface area contributed by atoms with Crippen LogP contribution in [0, 0.1) is 0 Å². The Morgan fingerprint density at radius 3 is 2.33 bits per heavy atom. The minimum Gasteiger partial charge on any atom is -0.289 e. The SMILES string of the molecule is CCc1cc(CC)cc(Sc2ccc3c(=O)c4ccccc4sc3c2Cl)c1. The molecule has 0 fully saturated rings. The summed E-state index contributed by atoms with van der Waals surface area (Å²) in [4.78, 5) is 15.0. The summed E-state index contributed by atoms with van der Waals surface area (Å²) in [5, 5.41) is 2.13. The van der Waals surface area contributed by atoms with E-state index in [-0.39, 0.29) is 5.43 Å². The smallest absolute Gasteiger partial charge is 0.195 e. The Kier molecular flexibility index (Phi) is 5.27. The van der Waals surface area contributed by atoms with Crippen LogP contribution in [0.5, 0.6) is 0 Å². The molecule has 0 unspecified atom stereocenters. The lowest BCUT2D eigenvalue weighted by Gasteiger charge is -2.10. The number of aryl methyl sites for hydroxylation is 2.